The summed E-state index contributed by atoms with van der Waals surface area (Å²) in [5.74, 6) is -2.04. The van der Waals surface area contributed by atoms with Crippen LogP contribution in [-0.2, 0) is 20.5 Å². The van der Waals surface area contributed by atoms with Gasteiger partial charge in [0.2, 0.25) is 0 Å². The number of esters is 1. The average Bonchev–Trinajstić information content (AvgIpc) is 2.56. The molecule has 1 aromatic carbocycles. The Hall–Kier alpha value is -2.58. The van der Waals surface area contributed by atoms with E-state index in [1.54, 1.807) is 0 Å². The number of ether oxygens (including phenoxy) is 1. The molecule has 0 saturated carbocycles. The van der Waals surface area contributed by atoms with E-state index in [0.717, 1.165) is 24.3 Å². The number of nitrogens with one attached hydrogen (secondary N) is 2. The molecule has 1 aromatic rings. The van der Waals surface area contributed by atoms with Gasteiger partial charge in [0.15, 0.2) is 6.61 Å². The third-order valence-corrected chi connectivity index (χ3v) is 3.59. The molecule has 9 heteroatoms. The Bertz CT molecular complexity index is 655. The molecule has 2 amide bonds. The summed E-state index contributed by atoms with van der Waals surface area (Å²) < 4.78 is 42.1. The summed E-state index contributed by atoms with van der Waals surface area (Å²) in [7, 11) is 0. The first-order valence-corrected chi connectivity index (χ1v) is 7.86. The van der Waals surface area contributed by atoms with Gasteiger partial charge in [-0.05, 0) is 44.5 Å². The minimum Gasteiger partial charge on any atom is -0.454 e. The van der Waals surface area contributed by atoms with Crippen molar-refractivity contribution >= 4 is 17.8 Å². The highest BCUT2D eigenvalue weighted by atomic mass is 19.4. The fourth-order valence-electron chi connectivity index (χ4n) is 1.76. The topological polar surface area (TPSA) is 84.5 Å². The summed E-state index contributed by atoms with van der Waals surface area (Å²) in [6.45, 7) is 4.53. The quantitative estimate of drug-likeness (QED) is 0.717. The predicted octanol–water partition coefficient (Wildman–Crippen LogP) is 2.28. The molecule has 6 nitrogen and oxygen atoms in total. The minimum atomic E-state index is -4.49. The molecule has 144 valence electrons. The highest BCUT2D eigenvalue weighted by molar-refractivity contribution is 5.96. The van der Waals surface area contributed by atoms with Gasteiger partial charge in [-0.25, -0.2) is 0 Å². The standard InChI is InChI=1S/C17H21F3N2O4/c1-4-16(2,3)22-13(23)10-26-14(24)9-21-15(25)11-5-7-12(8-6-11)17(18,19)20/h5-8H,4,9-10H2,1-3H3,(H,21,25)(H,22,23). The molecule has 26 heavy (non-hydrogen) atoms. The molecular formula is C17H21F3N2O4. The Labute approximate surface area is 149 Å². The molecule has 0 aliphatic rings. The SMILES string of the molecule is CCC(C)(C)NC(=O)COC(=O)CNC(=O)c1ccc(C(F)(F)F)cc1. The van der Waals surface area contributed by atoms with Gasteiger partial charge in [-0.1, -0.05) is 6.92 Å². The number of carbonyl (C=O) groups excluding carboxylic acids is 3. The number of benzene rings is 1. The number of alkyl halides is 3. The van der Waals surface area contributed by atoms with Crippen molar-refractivity contribution in [2.75, 3.05) is 13.2 Å². The Morgan fingerprint density at radius 3 is 2.15 bits per heavy atom. The molecule has 0 heterocycles. The van der Waals surface area contributed by atoms with E-state index in [2.05, 4.69) is 10.6 Å². The summed E-state index contributed by atoms with van der Waals surface area (Å²) in [5, 5.41) is 4.89. The zero-order valence-electron chi connectivity index (χ0n) is 14.7. The summed E-state index contributed by atoms with van der Waals surface area (Å²) in [4.78, 5) is 35.0. The van der Waals surface area contributed by atoms with E-state index in [4.69, 9.17) is 4.74 Å². The van der Waals surface area contributed by atoms with Gasteiger partial charge in [0.25, 0.3) is 11.8 Å². The lowest BCUT2D eigenvalue weighted by atomic mass is 10.0. The van der Waals surface area contributed by atoms with E-state index in [9.17, 15) is 27.6 Å². The van der Waals surface area contributed by atoms with Gasteiger partial charge in [0, 0.05) is 11.1 Å². The molecule has 2 N–H and O–H groups in total. The Kier molecular flexibility index (Phi) is 7.17. The average molecular weight is 374 g/mol. The van der Waals surface area contributed by atoms with E-state index in [1.165, 1.54) is 0 Å². The van der Waals surface area contributed by atoms with Crippen molar-refractivity contribution < 1.29 is 32.3 Å². The van der Waals surface area contributed by atoms with E-state index in [0.29, 0.717) is 6.42 Å². The zero-order valence-corrected chi connectivity index (χ0v) is 14.7. The minimum absolute atomic E-state index is 0.0340. The van der Waals surface area contributed by atoms with Crippen LogP contribution >= 0.6 is 0 Å². The molecule has 0 radical (unpaired) electrons. The van der Waals surface area contributed by atoms with Gasteiger partial charge >= 0.3 is 12.1 Å². The third kappa shape index (κ3) is 7.12. The van der Waals surface area contributed by atoms with Crippen LogP contribution in [0.15, 0.2) is 24.3 Å². The smallest absolute Gasteiger partial charge is 0.416 e. The van der Waals surface area contributed by atoms with Gasteiger partial charge in [-0.3, -0.25) is 14.4 Å². The van der Waals surface area contributed by atoms with Crippen LogP contribution in [0.2, 0.25) is 0 Å². The Morgan fingerprint density at radius 1 is 1.08 bits per heavy atom. The van der Waals surface area contributed by atoms with Crippen molar-refractivity contribution in [1.82, 2.24) is 10.6 Å². The summed E-state index contributed by atoms with van der Waals surface area (Å²) >= 11 is 0. The monoisotopic (exact) mass is 374 g/mol. The molecule has 1 rings (SSSR count). The maximum Gasteiger partial charge on any atom is 0.416 e. The number of halogens is 3. The zero-order chi connectivity index (χ0) is 20.0. The van der Waals surface area contributed by atoms with Crippen LogP contribution in [0.4, 0.5) is 13.2 Å². The maximum absolute atomic E-state index is 12.5. The van der Waals surface area contributed by atoms with Gasteiger partial charge in [-0.2, -0.15) is 13.2 Å². The van der Waals surface area contributed by atoms with E-state index < -0.39 is 48.2 Å². The van der Waals surface area contributed by atoms with Crippen LogP contribution in [0.5, 0.6) is 0 Å². The molecule has 0 bridgehead atoms. The number of amides is 2. The second-order valence-electron chi connectivity index (χ2n) is 6.20. The summed E-state index contributed by atoms with van der Waals surface area (Å²) in [6.07, 6.45) is -3.80. The largest absolute Gasteiger partial charge is 0.454 e. The van der Waals surface area contributed by atoms with Gasteiger partial charge in [0.05, 0.1) is 5.56 Å². The van der Waals surface area contributed by atoms with Crippen molar-refractivity contribution in [3.8, 4) is 0 Å². The number of hydrogen-bond acceptors (Lipinski definition) is 4. The lowest BCUT2D eigenvalue weighted by Crippen LogP contribution is -2.45. The predicted molar refractivity (Wildman–Crippen MR) is 87.2 cm³/mol. The highest BCUT2D eigenvalue weighted by Crippen LogP contribution is 2.29. The van der Waals surface area contributed by atoms with Crippen molar-refractivity contribution in [3.05, 3.63) is 35.4 Å². The van der Waals surface area contributed by atoms with Crippen LogP contribution in [0, 0.1) is 0 Å². The fourth-order valence-corrected chi connectivity index (χ4v) is 1.76. The molecule has 0 aliphatic carbocycles. The molecule has 0 atom stereocenters. The maximum atomic E-state index is 12.5. The summed E-state index contributed by atoms with van der Waals surface area (Å²) in [5.41, 5.74) is -1.34. The summed E-state index contributed by atoms with van der Waals surface area (Å²) in [6, 6.07) is 3.55. The first kappa shape index (κ1) is 21.5. The molecule has 0 aliphatic heterocycles. The molecular weight excluding hydrogens is 353 g/mol. The van der Waals surface area contributed by atoms with Crippen LogP contribution in [0.1, 0.15) is 43.1 Å². The lowest BCUT2D eigenvalue weighted by molar-refractivity contribution is -0.148. The molecule has 0 unspecified atom stereocenters. The van der Waals surface area contributed by atoms with Crippen molar-refractivity contribution in [2.45, 2.75) is 38.9 Å². The van der Waals surface area contributed by atoms with Gasteiger partial charge in [0.1, 0.15) is 6.54 Å². The van der Waals surface area contributed by atoms with Crippen LogP contribution in [-0.4, -0.2) is 36.5 Å². The first-order valence-electron chi connectivity index (χ1n) is 7.86. The number of hydrogen-bond donors (Lipinski definition) is 2. The Balaban J connectivity index is 2.43. The van der Waals surface area contributed by atoms with Crippen LogP contribution in [0.3, 0.4) is 0 Å². The number of rotatable bonds is 7. The van der Waals surface area contributed by atoms with Crippen molar-refractivity contribution in [2.24, 2.45) is 0 Å². The first-order chi connectivity index (χ1) is 11.9. The second kappa shape index (κ2) is 8.68. The van der Waals surface area contributed by atoms with Crippen LogP contribution in [0.25, 0.3) is 0 Å². The van der Waals surface area contributed by atoms with Crippen LogP contribution < -0.4 is 10.6 Å². The van der Waals surface area contributed by atoms with E-state index >= 15 is 0 Å². The lowest BCUT2D eigenvalue weighted by Gasteiger charge is -2.24. The van der Waals surface area contributed by atoms with Crippen molar-refractivity contribution in [1.29, 1.82) is 0 Å². The molecule has 0 fully saturated rings. The third-order valence-electron chi connectivity index (χ3n) is 3.59. The van der Waals surface area contributed by atoms with Crippen molar-refractivity contribution in [3.63, 3.8) is 0 Å². The normalized spacial score (nSPS) is 11.6. The number of carbonyl (C=O) groups is 3. The highest BCUT2D eigenvalue weighted by Gasteiger charge is 2.30. The molecule has 0 spiro atoms. The van der Waals surface area contributed by atoms with E-state index in [1.807, 2.05) is 20.8 Å². The second-order valence-corrected chi connectivity index (χ2v) is 6.20. The molecule has 0 aromatic heterocycles. The van der Waals surface area contributed by atoms with E-state index in [-0.39, 0.29) is 5.56 Å². The Morgan fingerprint density at radius 2 is 1.65 bits per heavy atom. The van der Waals surface area contributed by atoms with Gasteiger partial charge in [-0.15, -0.1) is 0 Å². The van der Waals surface area contributed by atoms with Gasteiger partial charge < -0.3 is 15.4 Å². The molecule has 0 saturated heterocycles. The fraction of sp³-hybridized carbons (Fsp3) is 0.471.